The molecule has 5 heteroatoms. The van der Waals surface area contributed by atoms with Gasteiger partial charge in [0.05, 0.1) is 5.56 Å². The number of nitrogens with zero attached hydrogens (tertiary/aromatic N) is 1. The van der Waals surface area contributed by atoms with Crippen molar-refractivity contribution >= 4 is 23.5 Å². The van der Waals surface area contributed by atoms with Crippen LogP contribution in [0.3, 0.4) is 0 Å². The second-order valence-corrected chi connectivity index (χ2v) is 6.02. The Labute approximate surface area is 106 Å². The highest BCUT2D eigenvalue weighted by atomic mass is 32.2. The number of anilines is 1. The Kier molecular flexibility index (Phi) is 4.40. The summed E-state index contributed by atoms with van der Waals surface area (Å²) in [6.45, 7) is 6.78. The van der Waals surface area contributed by atoms with Crippen molar-refractivity contribution in [1.82, 2.24) is 4.98 Å². The molecule has 0 fully saturated rings. The zero-order valence-electron chi connectivity index (χ0n) is 10.6. The van der Waals surface area contributed by atoms with E-state index in [0.717, 1.165) is 6.54 Å². The molecule has 0 aromatic carbocycles. The summed E-state index contributed by atoms with van der Waals surface area (Å²) < 4.78 is 0.0921. The normalized spacial score (nSPS) is 11.3. The first-order chi connectivity index (χ1) is 7.84. The first-order valence-electron chi connectivity index (χ1n) is 5.35. The summed E-state index contributed by atoms with van der Waals surface area (Å²) in [4.78, 5) is 15.2. The van der Waals surface area contributed by atoms with Crippen LogP contribution < -0.4 is 5.32 Å². The van der Waals surface area contributed by atoms with E-state index < -0.39 is 5.97 Å². The van der Waals surface area contributed by atoms with E-state index in [0.29, 0.717) is 11.5 Å². The molecule has 1 aromatic heterocycles. The van der Waals surface area contributed by atoms with E-state index in [9.17, 15) is 4.79 Å². The molecule has 0 bridgehead atoms. The molecule has 0 spiro atoms. The van der Waals surface area contributed by atoms with Crippen molar-refractivity contribution in [2.45, 2.75) is 25.5 Å². The van der Waals surface area contributed by atoms with Gasteiger partial charge in [-0.3, -0.25) is 0 Å². The molecule has 0 aliphatic rings. The van der Waals surface area contributed by atoms with Crippen molar-refractivity contribution in [2.75, 3.05) is 18.1 Å². The van der Waals surface area contributed by atoms with Crippen molar-refractivity contribution in [1.29, 1.82) is 0 Å². The Balaban J connectivity index is 2.81. The fraction of sp³-hybridized carbons (Fsp3) is 0.500. The van der Waals surface area contributed by atoms with Crippen molar-refractivity contribution in [3.63, 3.8) is 0 Å². The topological polar surface area (TPSA) is 62.2 Å². The van der Waals surface area contributed by atoms with Crippen LogP contribution in [0.15, 0.2) is 12.1 Å². The van der Waals surface area contributed by atoms with Crippen molar-refractivity contribution in [3.05, 3.63) is 23.4 Å². The van der Waals surface area contributed by atoms with E-state index in [2.05, 4.69) is 24.1 Å². The second-order valence-electron chi connectivity index (χ2n) is 4.50. The van der Waals surface area contributed by atoms with E-state index in [1.54, 1.807) is 30.8 Å². The predicted molar refractivity (Wildman–Crippen MR) is 72.0 cm³/mol. The molecule has 17 heavy (non-hydrogen) atoms. The maximum absolute atomic E-state index is 10.9. The highest BCUT2D eigenvalue weighted by Gasteiger charge is 2.16. The van der Waals surface area contributed by atoms with Gasteiger partial charge in [-0.15, -0.1) is 0 Å². The lowest BCUT2D eigenvalue weighted by molar-refractivity contribution is 0.0696. The summed E-state index contributed by atoms with van der Waals surface area (Å²) in [6.07, 6.45) is 2.05. The van der Waals surface area contributed by atoms with E-state index in [-0.39, 0.29) is 10.3 Å². The van der Waals surface area contributed by atoms with Gasteiger partial charge in [0.1, 0.15) is 5.82 Å². The minimum atomic E-state index is -0.928. The number of hydrogen-bond acceptors (Lipinski definition) is 4. The van der Waals surface area contributed by atoms with Crippen LogP contribution in [0.2, 0.25) is 0 Å². The minimum Gasteiger partial charge on any atom is -0.478 e. The molecule has 1 aromatic rings. The number of carboxylic acids is 1. The van der Waals surface area contributed by atoms with Gasteiger partial charge in [0.25, 0.3) is 0 Å². The molecule has 4 nitrogen and oxygen atoms in total. The Hall–Kier alpha value is -1.23. The van der Waals surface area contributed by atoms with Crippen LogP contribution in [0.4, 0.5) is 5.82 Å². The smallest absolute Gasteiger partial charge is 0.335 e. The summed E-state index contributed by atoms with van der Waals surface area (Å²) in [5.74, 6) is -0.313. The Morgan fingerprint density at radius 3 is 2.71 bits per heavy atom. The molecule has 0 atom stereocenters. The molecular formula is C12H18N2O2S. The van der Waals surface area contributed by atoms with Gasteiger partial charge < -0.3 is 10.4 Å². The lowest BCUT2D eigenvalue weighted by atomic mass is 10.2. The first-order valence-corrected chi connectivity index (χ1v) is 6.57. The fourth-order valence-electron chi connectivity index (χ4n) is 1.26. The summed E-state index contributed by atoms with van der Waals surface area (Å²) in [5.41, 5.74) is 0.969. The van der Waals surface area contributed by atoms with Gasteiger partial charge in [0.2, 0.25) is 0 Å². The summed E-state index contributed by atoms with van der Waals surface area (Å²) in [7, 11) is 0. The van der Waals surface area contributed by atoms with Gasteiger partial charge in [-0.2, -0.15) is 11.8 Å². The number of hydrogen-bond donors (Lipinski definition) is 2. The third kappa shape index (κ3) is 4.26. The third-order valence-electron chi connectivity index (χ3n) is 2.45. The van der Waals surface area contributed by atoms with Crippen molar-refractivity contribution < 1.29 is 9.90 Å². The van der Waals surface area contributed by atoms with Gasteiger partial charge in [0.15, 0.2) is 0 Å². The molecule has 94 valence electrons. The lowest BCUT2D eigenvalue weighted by Gasteiger charge is -2.22. The number of pyridine rings is 1. The van der Waals surface area contributed by atoms with Crippen molar-refractivity contribution in [3.8, 4) is 0 Å². The van der Waals surface area contributed by atoms with Crippen molar-refractivity contribution in [2.24, 2.45) is 0 Å². The van der Waals surface area contributed by atoms with Crippen LogP contribution in [-0.4, -0.2) is 33.6 Å². The standard InChI is InChI=1S/C12H18N2O2S/c1-8-5-9(11(15)16)6-10(14-8)13-7-12(2,3)17-4/h5-6H,7H2,1-4H3,(H,13,14)(H,15,16). The van der Waals surface area contributed by atoms with Crippen LogP contribution in [-0.2, 0) is 0 Å². The average molecular weight is 254 g/mol. The maximum Gasteiger partial charge on any atom is 0.335 e. The predicted octanol–water partition coefficient (Wildman–Crippen LogP) is 2.64. The number of aromatic carboxylic acids is 1. The molecule has 0 aliphatic carbocycles. The SMILES string of the molecule is CSC(C)(C)CNc1cc(C(=O)O)cc(C)n1. The molecule has 1 heterocycles. The zero-order chi connectivity index (χ0) is 13.1. The number of thioether (sulfide) groups is 1. The largest absolute Gasteiger partial charge is 0.478 e. The molecular weight excluding hydrogens is 236 g/mol. The minimum absolute atomic E-state index is 0.0921. The molecule has 0 unspecified atom stereocenters. The number of aromatic nitrogens is 1. The quantitative estimate of drug-likeness (QED) is 0.845. The highest BCUT2D eigenvalue weighted by Crippen LogP contribution is 2.21. The van der Waals surface area contributed by atoms with Crippen LogP contribution in [0, 0.1) is 6.92 Å². The van der Waals surface area contributed by atoms with Crippen LogP contribution in [0.5, 0.6) is 0 Å². The summed E-state index contributed by atoms with van der Waals surface area (Å²) >= 11 is 1.75. The molecule has 0 saturated carbocycles. The number of rotatable bonds is 5. The van der Waals surface area contributed by atoms with Gasteiger partial charge in [-0.1, -0.05) is 0 Å². The van der Waals surface area contributed by atoms with Crippen LogP contribution in [0.25, 0.3) is 0 Å². The monoisotopic (exact) mass is 254 g/mol. The van der Waals surface area contributed by atoms with E-state index >= 15 is 0 Å². The molecule has 1 rings (SSSR count). The Bertz CT molecular complexity index is 419. The second kappa shape index (κ2) is 5.40. The highest BCUT2D eigenvalue weighted by molar-refractivity contribution is 7.99. The number of aryl methyl sites for hydroxylation is 1. The van der Waals surface area contributed by atoms with Crippen LogP contribution >= 0.6 is 11.8 Å². The van der Waals surface area contributed by atoms with E-state index in [1.165, 1.54) is 0 Å². The summed E-state index contributed by atoms with van der Waals surface area (Å²) in [5, 5.41) is 12.1. The number of carbonyl (C=O) groups is 1. The van der Waals surface area contributed by atoms with E-state index in [4.69, 9.17) is 5.11 Å². The molecule has 0 radical (unpaired) electrons. The Morgan fingerprint density at radius 2 is 2.18 bits per heavy atom. The first kappa shape index (κ1) is 13.8. The zero-order valence-corrected chi connectivity index (χ0v) is 11.4. The maximum atomic E-state index is 10.9. The fourth-order valence-corrected chi connectivity index (χ4v) is 1.47. The van der Waals surface area contributed by atoms with Gasteiger partial charge in [-0.25, -0.2) is 9.78 Å². The molecule has 0 aliphatic heterocycles. The number of nitrogens with one attached hydrogen (secondary N) is 1. The van der Waals surface area contributed by atoms with Crippen LogP contribution in [0.1, 0.15) is 29.9 Å². The van der Waals surface area contributed by atoms with Gasteiger partial charge in [-0.05, 0) is 39.2 Å². The average Bonchev–Trinajstić information content (AvgIpc) is 2.26. The molecule has 0 amide bonds. The summed E-state index contributed by atoms with van der Waals surface area (Å²) in [6, 6.07) is 3.12. The van der Waals surface area contributed by atoms with E-state index in [1.807, 2.05) is 6.26 Å². The number of carboxylic acid groups (broad SMARTS) is 1. The van der Waals surface area contributed by atoms with Gasteiger partial charge in [0, 0.05) is 17.0 Å². The van der Waals surface area contributed by atoms with Gasteiger partial charge >= 0.3 is 5.97 Å². The Morgan fingerprint density at radius 1 is 1.53 bits per heavy atom. The third-order valence-corrected chi connectivity index (χ3v) is 3.70. The molecule has 0 saturated heterocycles. The lowest BCUT2D eigenvalue weighted by Crippen LogP contribution is -2.26. The molecule has 2 N–H and O–H groups in total.